The molecule has 0 bridgehead atoms. The molecule has 3 amide bonds. The zero-order valence-electron chi connectivity index (χ0n) is 13.9. The van der Waals surface area contributed by atoms with Crippen molar-refractivity contribution in [2.75, 3.05) is 6.54 Å². The van der Waals surface area contributed by atoms with Crippen molar-refractivity contribution in [2.24, 2.45) is 0 Å². The average Bonchev–Trinajstić information content (AvgIpc) is 3.32. The number of aromatic nitrogens is 1. The predicted octanol–water partition coefficient (Wildman–Crippen LogP) is 1.73. The summed E-state index contributed by atoms with van der Waals surface area (Å²) in [5, 5.41) is 3.42. The highest BCUT2D eigenvalue weighted by Crippen LogP contribution is 2.17. The number of benzene rings is 1. The van der Waals surface area contributed by atoms with E-state index in [-0.39, 0.29) is 24.0 Å². The van der Waals surface area contributed by atoms with Crippen LogP contribution in [0.25, 0.3) is 10.9 Å². The molecule has 0 saturated heterocycles. The molecule has 2 heterocycles. The fraction of sp³-hybridized carbons (Fsp3) is 0.167. The van der Waals surface area contributed by atoms with Crippen LogP contribution in [0.15, 0.2) is 53.3 Å². The minimum atomic E-state index is -0.401. The predicted molar refractivity (Wildman–Crippen MR) is 94.2 cm³/mol. The molecule has 0 aliphatic heterocycles. The molecule has 0 radical (unpaired) electrons. The second-order valence-corrected chi connectivity index (χ2v) is 5.59. The highest BCUT2D eigenvalue weighted by Gasteiger charge is 2.12. The molecule has 0 unspecified atom stereocenters. The number of furan rings is 1. The van der Waals surface area contributed by atoms with Crippen LogP contribution in [0.4, 0.5) is 0 Å². The summed E-state index contributed by atoms with van der Waals surface area (Å²) in [6, 6.07) is 10.6. The Balaban J connectivity index is 1.38. The smallest absolute Gasteiger partial charge is 0.286 e. The molecule has 0 spiro atoms. The van der Waals surface area contributed by atoms with Gasteiger partial charge in [0.1, 0.15) is 0 Å². The Morgan fingerprint density at radius 2 is 1.85 bits per heavy atom. The first kappa shape index (κ1) is 17.3. The Morgan fingerprint density at radius 3 is 2.65 bits per heavy atom. The Bertz CT molecular complexity index is 914. The number of nitrogens with one attached hydrogen (secondary N) is 4. The van der Waals surface area contributed by atoms with Crippen molar-refractivity contribution in [2.45, 2.75) is 12.8 Å². The number of hydrogen-bond donors (Lipinski definition) is 4. The maximum Gasteiger partial charge on any atom is 0.286 e. The summed E-state index contributed by atoms with van der Waals surface area (Å²) < 4.78 is 4.96. The van der Waals surface area contributed by atoms with Crippen molar-refractivity contribution in [3.05, 3.63) is 60.2 Å². The van der Waals surface area contributed by atoms with E-state index in [4.69, 9.17) is 4.42 Å². The van der Waals surface area contributed by atoms with E-state index in [1.54, 1.807) is 18.3 Å². The van der Waals surface area contributed by atoms with E-state index in [1.807, 2.05) is 24.3 Å². The number of carbonyl (C=O) groups excluding carboxylic acids is 3. The van der Waals surface area contributed by atoms with Crippen LogP contribution in [0, 0.1) is 0 Å². The molecule has 4 N–H and O–H groups in total. The number of para-hydroxylation sites is 1. The van der Waals surface area contributed by atoms with Gasteiger partial charge in [-0.3, -0.25) is 25.2 Å². The van der Waals surface area contributed by atoms with E-state index >= 15 is 0 Å². The molecule has 26 heavy (non-hydrogen) atoms. The lowest BCUT2D eigenvalue weighted by molar-refractivity contribution is -0.121. The van der Waals surface area contributed by atoms with Gasteiger partial charge in [0, 0.05) is 30.1 Å². The van der Waals surface area contributed by atoms with Gasteiger partial charge in [-0.2, -0.15) is 0 Å². The van der Waals surface area contributed by atoms with Gasteiger partial charge >= 0.3 is 0 Å². The lowest BCUT2D eigenvalue weighted by atomic mass is 10.2. The summed E-state index contributed by atoms with van der Waals surface area (Å²) in [6.07, 6.45) is 3.60. The van der Waals surface area contributed by atoms with Crippen LogP contribution in [0.3, 0.4) is 0 Å². The Kier molecular flexibility index (Phi) is 5.33. The Labute approximate surface area is 148 Å². The molecular weight excluding hydrogens is 336 g/mol. The molecule has 8 nitrogen and oxygen atoms in total. The van der Waals surface area contributed by atoms with Crippen LogP contribution in [0.5, 0.6) is 0 Å². The number of rotatable bonds is 6. The first-order valence-corrected chi connectivity index (χ1v) is 8.12. The molecular formula is C18H18N4O4. The monoisotopic (exact) mass is 354 g/mol. The molecule has 3 rings (SSSR count). The molecule has 0 fully saturated rings. The van der Waals surface area contributed by atoms with Crippen LogP contribution in [0.1, 0.15) is 33.8 Å². The lowest BCUT2D eigenvalue weighted by Gasteiger charge is -2.07. The lowest BCUT2D eigenvalue weighted by Crippen LogP contribution is -2.41. The summed E-state index contributed by atoms with van der Waals surface area (Å²) in [5.41, 5.74) is 6.05. The second kappa shape index (κ2) is 8.02. The third-order valence-corrected chi connectivity index (χ3v) is 3.76. The van der Waals surface area contributed by atoms with Gasteiger partial charge in [0.15, 0.2) is 5.76 Å². The SMILES string of the molecule is O=C(CCCNC(=O)c1ccco1)NNC(=O)c1c[nH]c2ccccc12. The summed E-state index contributed by atoms with van der Waals surface area (Å²) >= 11 is 0. The highest BCUT2D eigenvalue weighted by atomic mass is 16.3. The number of H-pyrrole nitrogens is 1. The van der Waals surface area contributed by atoms with Crippen molar-refractivity contribution in [3.8, 4) is 0 Å². The van der Waals surface area contributed by atoms with Crippen LogP contribution in [-0.2, 0) is 4.79 Å². The molecule has 1 aromatic carbocycles. The molecule has 0 aliphatic carbocycles. The zero-order valence-corrected chi connectivity index (χ0v) is 13.9. The molecule has 3 aromatic rings. The molecule has 2 aromatic heterocycles. The van der Waals surface area contributed by atoms with Crippen LogP contribution in [-0.4, -0.2) is 29.3 Å². The third kappa shape index (κ3) is 4.10. The number of amides is 3. The van der Waals surface area contributed by atoms with Crippen LogP contribution >= 0.6 is 0 Å². The van der Waals surface area contributed by atoms with Crippen molar-refractivity contribution in [3.63, 3.8) is 0 Å². The maximum absolute atomic E-state index is 12.2. The number of hydrazine groups is 1. The van der Waals surface area contributed by atoms with Gasteiger partial charge in [-0.15, -0.1) is 0 Å². The summed E-state index contributed by atoms with van der Waals surface area (Å²) in [7, 11) is 0. The van der Waals surface area contributed by atoms with E-state index < -0.39 is 5.91 Å². The standard InChI is InChI=1S/C18H18N4O4/c23-16(8-3-9-19-18(25)15-7-4-10-26-15)21-22-17(24)13-11-20-14-6-2-1-5-12(13)14/h1-2,4-7,10-11,20H,3,8-9H2,(H,19,25)(H,21,23)(H,22,24). The van der Waals surface area contributed by atoms with Gasteiger partial charge in [-0.05, 0) is 24.6 Å². The van der Waals surface area contributed by atoms with Crippen molar-refractivity contribution >= 4 is 28.6 Å². The zero-order chi connectivity index (χ0) is 18.4. The van der Waals surface area contributed by atoms with E-state index in [0.717, 1.165) is 10.9 Å². The Hall–Kier alpha value is -3.55. The topological polar surface area (TPSA) is 116 Å². The minimum Gasteiger partial charge on any atom is -0.459 e. The summed E-state index contributed by atoms with van der Waals surface area (Å²) in [5.74, 6) is -0.851. The highest BCUT2D eigenvalue weighted by molar-refractivity contribution is 6.07. The molecule has 134 valence electrons. The number of aromatic amines is 1. The normalized spacial score (nSPS) is 10.5. The van der Waals surface area contributed by atoms with Gasteiger partial charge in [-0.25, -0.2) is 0 Å². The van der Waals surface area contributed by atoms with Gasteiger partial charge in [-0.1, -0.05) is 18.2 Å². The van der Waals surface area contributed by atoms with E-state index in [1.165, 1.54) is 6.26 Å². The first-order chi connectivity index (χ1) is 12.6. The third-order valence-electron chi connectivity index (χ3n) is 3.76. The van der Waals surface area contributed by atoms with E-state index in [0.29, 0.717) is 18.5 Å². The van der Waals surface area contributed by atoms with Gasteiger partial charge < -0.3 is 14.7 Å². The van der Waals surface area contributed by atoms with Crippen LogP contribution < -0.4 is 16.2 Å². The molecule has 0 atom stereocenters. The van der Waals surface area contributed by atoms with Gasteiger partial charge in [0.25, 0.3) is 11.8 Å². The second-order valence-electron chi connectivity index (χ2n) is 5.59. The summed E-state index contributed by atoms with van der Waals surface area (Å²) in [4.78, 5) is 38.6. The quantitative estimate of drug-likeness (QED) is 0.398. The molecule has 0 aliphatic rings. The fourth-order valence-corrected chi connectivity index (χ4v) is 2.46. The molecule has 8 heteroatoms. The largest absolute Gasteiger partial charge is 0.459 e. The Morgan fingerprint density at radius 1 is 1.00 bits per heavy atom. The van der Waals surface area contributed by atoms with Crippen molar-refractivity contribution in [1.29, 1.82) is 0 Å². The summed E-state index contributed by atoms with van der Waals surface area (Å²) in [6.45, 7) is 0.323. The first-order valence-electron chi connectivity index (χ1n) is 8.12. The van der Waals surface area contributed by atoms with Crippen molar-refractivity contribution < 1.29 is 18.8 Å². The molecule has 0 saturated carbocycles. The fourth-order valence-electron chi connectivity index (χ4n) is 2.46. The van der Waals surface area contributed by atoms with Gasteiger partial charge in [0.2, 0.25) is 5.91 Å². The number of carbonyl (C=O) groups is 3. The van der Waals surface area contributed by atoms with E-state index in [9.17, 15) is 14.4 Å². The number of fused-ring (bicyclic) bond motifs is 1. The van der Waals surface area contributed by atoms with E-state index in [2.05, 4.69) is 21.2 Å². The van der Waals surface area contributed by atoms with Crippen molar-refractivity contribution in [1.82, 2.24) is 21.2 Å². The number of hydrogen-bond acceptors (Lipinski definition) is 4. The minimum absolute atomic E-state index is 0.159. The van der Waals surface area contributed by atoms with Crippen LogP contribution in [0.2, 0.25) is 0 Å². The maximum atomic E-state index is 12.2. The van der Waals surface area contributed by atoms with Gasteiger partial charge in [0.05, 0.1) is 11.8 Å². The average molecular weight is 354 g/mol.